The summed E-state index contributed by atoms with van der Waals surface area (Å²) >= 11 is 5.61. The summed E-state index contributed by atoms with van der Waals surface area (Å²) < 4.78 is 6.14. The molecule has 0 N–H and O–H groups in total. The molecule has 0 amide bonds. The van der Waals surface area contributed by atoms with Crippen LogP contribution in [0.4, 0.5) is 5.82 Å². The molecular formula is C7H5ClN4O3. The normalized spacial score (nSPS) is 10.5. The summed E-state index contributed by atoms with van der Waals surface area (Å²) in [6, 6.07) is 1.64. The van der Waals surface area contributed by atoms with E-state index in [-0.39, 0.29) is 17.4 Å². The lowest BCUT2D eigenvalue weighted by atomic mass is 10.5. The first-order valence-corrected chi connectivity index (χ1v) is 4.31. The zero-order chi connectivity index (χ0) is 10.8. The molecule has 0 fully saturated rings. The predicted octanol–water partition coefficient (Wildman–Crippen LogP) is 1.48. The van der Waals surface area contributed by atoms with E-state index >= 15 is 0 Å². The number of hydrogen-bond acceptors (Lipinski definition) is 5. The highest BCUT2D eigenvalue weighted by molar-refractivity contribution is 6.32. The average molecular weight is 229 g/mol. The molecule has 0 aliphatic heterocycles. The SMILES string of the molecule is O=[N+]([O-])c1nn(Cc2ccno2)cc1Cl. The van der Waals surface area contributed by atoms with Crippen molar-refractivity contribution in [3.63, 3.8) is 0 Å². The van der Waals surface area contributed by atoms with Crippen LogP contribution >= 0.6 is 11.6 Å². The molecule has 0 unspecified atom stereocenters. The topological polar surface area (TPSA) is 87.0 Å². The van der Waals surface area contributed by atoms with Crippen LogP contribution in [0.15, 0.2) is 23.0 Å². The largest absolute Gasteiger partial charge is 0.408 e. The van der Waals surface area contributed by atoms with Crippen molar-refractivity contribution < 1.29 is 9.45 Å². The fraction of sp³-hybridized carbons (Fsp3) is 0.143. The van der Waals surface area contributed by atoms with Gasteiger partial charge >= 0.3 is 5.82 Å². The molecule has 0 radical (unpaired) electrons. The molecule has 15 heavy (non-hydrogen) atoms. The van der Waals surface area contributed by atoms with Gasteiger partial charge in [-0.2, -0.15) is 4.68 Å². The lowest BCUT2D eigenvalue weighted by Crippen LogP contribution is -2.00. The second kappa shape index (κ2) is 3.70. The second-order valence-electron chi connectivity index (χ2n) is 2.73. The molecule has 0 spiro atoms. The first kappa shape index (κ1) is 9.66. The summed E-state index contributed by atoms with van der Waals surface area (Å²) in [5, 5.41) is 17.6. The molecule has 2 aromatic rings. The summed E-state index contributed by atoms with van der Waals surface area (Å²) in [5.74, 6) is 0.181. The highest BCUT2D eigenvalue weighted by atomic mass is 35.5. The van der Waals surface area contributed by atoms with Crippen LogP contribution in [0, 0.1) is 10.1 Å². The Morgan fingerprint density at radius 1 is 1.67 bits per heavy atom. The van der Waals surface area contributed by atoms with Crippen molar-refractivity contribution in [2.45, 2.75) is 6.54 Å². The standard InChI is InChI=1S/C7H5ClN4O3/c8-6-4-11(10-7(6)12(13)14)3-5-1-2-9-15-5/h1-2,4H,3H2. The molecule has 0 saturated heterocycles. The van der Waals surface area contributed by atoms with E-state index < -0.39 is 4.92 Å². The van der Waals surface area contributed by atoms with Gasteiger partial charge in [-0.1, -0.05) is 16.8 Å². The van der Waals surface area contributed by atoms with Crippen LogP contribution in [-0.4, -0.2) is 19.9 Å². The van der Waals surface area contributed by atoms with E-state index in [1.165, 1.54) is 17.1 Å². The minimum Gasteiger partial charge on any atom is -0.359 e. The van der Waals surface area contributed by atoms with Gasteiger partial charge in [0.2, 0.25) is 0 Å². The number of aromatic nitrogens is 3. The van der Waals surface area contributed by atoms with E-state index in [1.54, 1.807) is 6.07 Å². The molecule has 0 saturated carbocycles. The number of nitro groups is 1. The molecule has 0 aliphatic rings. The van der Waals surface area contributed by atoms with Crippen molar-refractivity contribution in [1.29, 1.82) is 0 Å². The monoisotopic (exact) mass is 228 g/mol. The van der Waals surface area contributed by atoms with Crippen LogP contribution in [0.5, 0.6) is 0 Å². The first-order valence-electron chi connectivity index (χ1n) is 3.93. The van der Waals surface area contributed by atoms with Gasteiger partial charge in [0.25, 0.3) is 0 Å². The van der Waals surface area contributed by atoms with Crippen molar-refractivity contribution in [2.24, 2.45) is 0 Å². The number of rotatable bonds is 3. The molecule has 2 heterocycles. The summed E-state index contributed by atoms with van der Waals surface area (Å²) in [7, 11) is 0. The van der Waals surface area contributed by atoms with E-state index in [2.05, 4.69) is 10.3 Å². The van der Waals surface area contributed by atoms with E-state index in [9.17, 15) is 10.1 Å². The molecule has 7 nitrogen and oxygen atoms in total. The fourth-order valence-corrected chi connectivity index (χ4v) is 1.29. The van der Waals surface area contributed by atoms with Crippen LogP contribution in [0.3, 0.4) is 0 Å². The Bertz CT molecular complexity index is 478. The summed E-state index contributed by atoms with van der Waals surface area (Å²) in [4.78, 5) is 9.81. The van der Waals surface area contributed by atoms with Gasteiger partial charge in [-0.15, -0.1) is 0 Å². The smallest absolute Gasteiger partial charge is 0.359 e. The van der Waals surface area contributed by atoms with Crippen molar-refractivity contribution in [1.82, 2.24) is 14.9 Å². The van der Waals surface area contributed by atoms with Crippen molar-refractivity contribution in [3.05, 3.63) is 39.4 Å². The average Bonchev–Trinajstić information content (AvgIpc) is 2.75. The molecular weight excluding hydrogens is 224 g/mol. The van der Waals surface area contributed by atoms with Gasteiger partial charge in [-0.3, -0.25) is 0 Å². The number of nitrogens with zero attached hydrogens (tertiary/aromatic N) is 4. The maximum absolute atomic E-state index is 10.4. The van der Waals surface area contributed by atoms with Gasteiger partial charge in [-0.05, 0) is 4.92 Å². The molecule has 0 aromatic carbocycles. The molecule has 78 valence electrons. The number of hydrogen-bond donors (Lipinski definition) is 0. The molecule has 2 rings (SSSR count). The Labute approximate surface area is 88.4 Å². The lowest BCUT2D eigenvalue weighted by molar-refractivity contribution is -0.389. The predicted molar refractivity (Wildman–Crippen MR) is 49.5 cm³/mol. The van der Waals surface area contributed by atoms with Crippen molar-refractivity contribution >= 4 is 17.4 Å². The third kappa shape index (κ3) is 1.96. The van der Waals surface area contributed by atoms with E-state index in [1.807, 2.05) is 0 Å². The Hall–Kier alpha value is -1.89. The summed E-state index contributed by atoms with van der Waals surface area (Å²) in [6.45, 7) is 0.257. The molecule has 2 aromatic heterocycles. The maximum Gasteiger partial charge on any atom is 0.408 e. The quantitative estimate of drug-likeness (QED) is 0.587. The van der Waals surface area contributed by atoms with E-state index in [0.717, 1.165) is 0 Å². The van der Waals surface area contributed by atoms with Gasteiger partial charge < -0.3 is 14.6 Å². The Balaban J connectivity index is 2.23. The van der Waals surface area contributed by atoms with E-state index in [4.69, 9.17) is 16.1 Å². The minimum atomic E-state index is -0.640. The first-order chi connectivity index (χ1) is 7.16. The highest BCUT2D eigenvalue weighted by Gasteiger charge is 2.19. The Morgan fingerprint density at radius 3 is 3.00 bits per heavy atom. The van der Waals surface area contributed by atoms with Crippen LogP contribution in [-0.2, 0) is 6.54 Å². The highest BCUT2D eigenvalue weighted by Crippen LogP contribution is 2.21. The van der Waals surface area contributed by atoms with Gasteiger partial charge in [0, 0.05) is 6.07 Å². The van der Waals surface area contributed by atoms with Crippen molar-refractivity contribution in [2.75, 3.05) is 0 Å². The third-order valence-electron chi connectivity index (χ3n) is 1.68. The van der Waals surface area contributed by atoms with Gasteiger partial charge in [0.05, 0.1) is 17.5 Å². The Kier molecular flexibility index (Phi) is 2.38. The van der Waals surface area contributed by atoms with Gasteiger partial charge in [0.1, 0.15) is 6.54 Å². The Morgan fingerprint density at radius 2 is 2.47 bits per heavy atom. The lowest BCUT2D eigenvalue weighted by Gasteiger charge is -1.89. The van der Waals surface area contributed by atoms with Gasteiger partial charge in [-0.25, -0.2) is 0 Å². The summed E-state index contributed by atoms with van der Waals surface area (Å²) in [6.07, 6.45) is 2.84. The summed E-state index contributed by atoms with van der Waals surface area (Å²) in [5.41, 5.74) is 0. The second-order valence-corrected chi connectivity index (χ2v) is 3.14. The minimum absolute atomic E-state index is 0.000449. The van der Waals surface area contributed by atoms with E-state index in [0.29, 0.717) is 5.76 Å². The molecule has 0 bridgehead atoms. The van der Waals surface area contributed by atoms with Crippen molar-refractivity contribution in [3.8, 4) is 0 Å². The maximum atomic E-state index is 10.4. The fourth-order valence-electron chi connectivity index (χ4n) is 1.07. The number of halogens is 1. The molecule has 8 heteroatoms. The van der Waals surface area contributed by atoms with Crippen LogP contribution in [0.2, 0.25) is 5.02 Å². The third-order valence-corrected chi connectivity index (χ3v) is 1.95. The molecule has 0 aliphatic carbocycles. The van der Waals surface area contributed by atoms with Gasteiger partial charge in [0.15, 0.2) is 10.8 Å². The van der Waals surface area contributed by atoms with Crippen LogP contribution < -0.4 is 0 Å². The molecule has 0 atom stereocenters. The van der Waals surface area contributed by atoms with Crippen LogP contribution in [0.25, 0.3) is 0 Å². The zero-order valence-electron chi connectivity index (χ0n) is 7.33. The zero-order valence-corrected chi connectivity index (χ0v) is 8.09. The van der Waals surface area contributed by atoms with Crippen LogP contribution in [0.1, 0.15) is 5.76 Å².